The van der Waals surface area contributed by atoms with Crippen LogP contribution in [-0.2, 0) is 19.5 Å². The van der Waals surface area contributed by atoms with Gasteiger partial charge < -0.3 is 9.64 Å². The van der Waals surface area contributed by atoms with E-state index in [4.69, 9.17) is 27.0 Å². The summed E-state index contributed by atoms with van der Waals surface area (Å²) in [6.07, 6.45) is 0. The van der Waals surface area contributed by atoms with Gasteiger partial charge in [-0.05, 0) is 23.9 Å². The number of ether oxygens (including phenoxy) is 1. The van der Waals surface area contributed by atoms with Crippen molar-refractivity contribution >= 4 is 58.7 Å². The molecule has 0 unspecified atom stereocenters. The SMILES string of the molecule is C[C@@H]1COCCN1c1nc(Cl)nc2c(CS(=O)(=O)Cl)csc12. The summed E-state index contributed by atoms with van der Waals surface area (Å²) in [6.45, 7) is 3.96. The molecule has 1 fully saturated rings. The van der Waals surface area contributed by atoms with Crippen LogP contribution in [0.2, 0.25) is 5.28 Å². The summed E-state index contributed by atoms with van der Waals surface area (Å²) in [6, 6.07) is 0.158. The van der Waals surface area contributed by atoms with Crippen molar-refractivity contribution in [3.05, 3.63) is 16.2 Å². The van der Waals surface area contributed by atoms with Gasteiger partial charge in [0.05, 0.1) is 35.2 Å². The molecule has 0 aromatic carbocycles. The molecule has 1 aliphatic rings. The Hall–Kier alpha value is -0.670. The number of fused-ring (bicyclic) bond motifs is 1. The summed E-state index contributed by atoms with van der Waals surface area (Å²) >= 11 is 7.43. The van der Waals surface area contributed by atoms with Crippen LogP contribution < -0.4 is 4.90 Å². The van der Waals surface area contributed by atoms with Crippen LogP contribution in [0.15, 0.2) is 5.38 Å². The van der Waals surface area contributed by atoms with Crippen LogP contribution in [0.3, 0.4) is 0 Å². The molecule has 3 rings (SSSR count). The molecule has 0 N–H and O–H groups in total. The molecule has 22 heavy (non-hydrogen) atoms. The number of rotatable bonds is 3. The zero-order valence-electron chi connectivity index (χ0n) is 11.6. The summed E-state index contributed by atoms with van der Waals surface area (Å²) in [7, 11) is 1.69. The summed E-state index contributed by atoms with van der Waals surface area (Å²) in [5.74, 6) is 0.439. The molecule has 10 heteroatoms. The minimum atomic E-state index is -3.66. The standard InChI is InChI=1S/C12H13Cl2N3O3S2/c1-7-4-20-3-2-17(7)11-10-9(15-12(13)16-11)8(5-21-10)6-22(14,18)19/h5,7H,2-4,6H2,1H3/t7-/m1/s1. The Bertz CT molecular complexity index is 809. The van der Waals surface area contributed by atoms with Crippen LogP contribution >= 0.6 is 33.6 Å². The maximum absolute atomic E-state index is 11.3. The Labute approximate surface area is 141 Å². The first-order chi connectivity index (χ1) is 10.3. The first kappa shape index (κ1) is 16.2. The topological polar surface area (TPSA) is 72.4 Å². The van der Waals surface area contributed by atoms with E-state index in [1.165, 1.54) is 11.3 Å². The highest BCUT2D eigenvalue weighted by atomic mass is 35.7. The van der Waals surface area contributed by atoms with E-state index in [-0.39, 0.29) is 17.1 Å². The molecule has 0 aliphatic carbocycles. The van der Waals surface area contributed by atoms with Crippen LogP contribution in [-0.4, -0.2) is 44.2 Å². The Morgan fingerprint density at radius 2 is 2.27 bits per heavy atom. The summed E-state index contributed by atoms with van der Waals surface area (Å²) in [5.41, 5.74) is 1.09. The number of thiophene rings is 1. The number of halogens is 2. The van der Waals surface area contributed by atoms with Gasteiger partial charge in [-0.2, -0.15) is 4.98 Å². The number of hydrogen-bond acceptors (Lipinski definition) is 7. The van der Waals surface area contributed by atoms with Gasteiger partial charge >= 0.3 is 0 Å². The zero-order chi connectivity index (χ0) is 15.9. The summed E-state index contributed by atoms with van der Waals surface area (Å²) < 4.78 is 28.9. The molecule has 0 radical (unpaired) electrons. The number of morpholine rings is 1. The maximum Gasteiger partial charge on any atom is 0.236 e. The molecular formula is C12H13Cl2N3O3S2. The summed E-state index contributed by atoms with van der Waals surface area (Å²) in [4.78, 5) is 10.6. The van der Waals surface area contributed by atoms with Crippen LogP contribution in [0.1, 0.15) is 12.5 Å². The fourth-order valence-electron chi connectivity index (χ4n) is 2.45. The van der Waals surface area contributed by atoms with Crippen molar-refractivity contribution in [1.82, 2.24) is 9.97 Å². The second kappa shape index (κ2) is 6.09. The van der Waals surface area contributed by atoms with Gasteiger partial charge in [-0.15, -0.1) is 11.3 Å². The summed E-state index contributed by atoms with van der Waals surface area (Å²) in [5, 5.41) is 1.83. The van der Waals surface area contributed by atoms with E-state index in [0.717, 1.165) is 4.70 Å². The van der Waals surface area contributed by atoms with E-state index in [0.29, 0.717) is 36.7 Å². The van der Waals surface area contributed by atoms with Crippen LogP contribution in [0, 0.1) is 0 Å². The largest absolute Gasteiger partial charge is 0.377 e. The lowest BCUT2D eigenvalue weighted by molar-refractivity contribution is 0.0987. The van der Waals surface area contributed by atoms with E-state index < -0.39 is 9.05 Å². The Balaban J connectivity index is 2.11. The molecule has 0 amide bonds. The number of hydrogen-bond donors (Lipinski definition) is 0. The van der Waals surface area contributed by atoms with Gasteiger partial charge in [-0.1, -0.05) is 0 Å². The maximum atomic E-state index is 11.3. The minimum Gasteiger partial charge on any atom is -0.377 e. The van der Waals surface area contributed by atoms with Crippen molar-refractivity contribution in [1.29, 1.82) is 0 Å². The van der Waals surface area contributed by atoms with Gasteiger partial charge in [0.2, 0.25) is 14.3 Å². The fourth-order valence-corrected chi connectivity index (χ4v) is 4.67. The highest BCUT2D eigenvalue weighted by Crippen LogP contribution is 2.35. The van der Waals surface area contributed by atoms with Crippen molar-refractivity contribution < 1.29 is 13.2 Å². The monoisotopic (exact) mass is 381 g/mol. The third kappa shape index (κ3) is 3.30. The van der Waals surface area contributed by atoms with Crippen LogP contribution in [0.25, 0.3) is 10.2 Å². The first-order valence-corrected chi connectivity index (χ1v) is 10.3. The van der Waals surface area contributed by atoms with Gasteiger partial charge in [-0.25, -0.2) is 13.4 Å². The quantitative estimate of drug-likeness (QED) is 0.600. The van der Waals surface area contributed by atoms with Gasteiger partial charge in [0.15, 0.2) is 5.82 Å². The zero-order valence-corrected chi connectivity index (χ0v) is 14.8. The van der Waals surface area contributed by atoms with Crippen molar-refractivity contribution in [3.63, 3.8) is 0 Å². The molecular weight excluding hydrogens is 369 g/mol. The van der Waals surface area contributed by atoms with E-state index in [1.54, 1.807) is 5.38 Å². The minimum absolute atomic E-state index is 0.0906. The molecule has 2 aromatic heterocycles. The third-order valence-corrected chi connectivity index (χ3v) is 5.58. The van der Waals surface area contributed by atoms with Gasteiger partial charge in [0.25, 0.3) is 0 Å². The molecule has 120 valence electrons. The molecule has 0 spiro atoms. The molecule has 2 aromatic rings. The lowest BCUT2D eigenvalue weighted by atomic mass is 10.2. The van der Waals surface area contributed by atoms with Crippen molar-refractivity contribution in [2.75, 3.05) is 24.7 Å². The Morgan fingerprint density at radius 3 is 2.95 bits per heavy atom. The van der Waals surface area contributed by atoms with E-state index >= 15 is 0 Å². The molecule has 3 heterocycles. The lowest BCUT2D eigenvalue weighted by Gasteiger charge is -2.34. The normalized spacial score (nSPS) is 19.8. The first-order valence-electron chi connectivity index (χ1n) is 6.55. The molecule has 6 nitrogen and oxygen atoms in total. The fraction of sp³-hybridized carbons (Fsp3) is 0.500. The average molecular weight is 382 g/mol. The van der Waals surface area contributed by atoms with Crippen LogP contribution in [0.5, 0.6) is 0 Å². The number of nitrogens with zero attached hydrogens (tertiary/aromatic N) is 3. The predicted octanol–water partition coefficient (Wildman–Crippen LogP) is 2.64. The van der Waals surface area contributed by atoms with Crippen molar-refractivity contribution in [2.45, 2.75) is 18.7 Å². The second-order valence-electron chi connectivity index (χ2n) is 5.06. The molecule has 1 saturated heterocycles. The van der Waals surface area contributed by atoms with E-state index in [1.807, 2.05) is 6.92 Å². The predicted molar refractivity (Wildman–Crippen MR) is 88.5 cm³/mol. The number of anilines is 1. The third-order valence-electron chi connectivity index (χ3n) is 3.41. The van der Waals surface area contributed by atoms with Crippen molar-refractivity contribution in [3.8, 4) is 0 Å². The second-order valence-corrected chi connectivity index (χ2v) is 9.05. The van der Waals surface area contributed by atoms with Gasteiger partial charge in [0, 0.05) is 22.8 Å². The molecule has 1 aliphatic heterocycles. The van der Waals surface area contributed by atoms with E-state index in [9.17, 15) is 8.42 Å². The lowest BCUT2D eigenvalue weighted by Crippen LogP contribution is -2.44. The highest BCUT2D eigenvalue weighted by molar-refractivity contribution is 8.13. The smallest absolute Gasteiger partial charge is 0.236 e. The van der Waals surface area contributed by atoms with Crippen molar-refractivity contribution in [2.24, 2.45) is 0 Å². The Kier molecular flexibility index (Phi) is 4.48. The Morgan fingerprint density at radius 1 is 1.50 bits per heavy atom. The van der Waals surface area contributed by atoms with Gasteiger partial charge in [0.1, 0.15) is 0 Å². The van der Waals surface area contributed by atoms with E-state index in [2.05, 4.69) is 14.9 Å². The molecule has 0 bridgehead atoms. The average Bonchev–Trinajstić information content (AvgIpc) is 2.80. The number of aromatic nitrogens is 2. The van der Waals surface area contributed by atoms with Crippen LogP contribution in [0.4, 0.5) is 5.82 Å². The molecule has 0 saturated carbocycles. The highest BCUT2D eigenvalue weighted by Gasteiger charge is 2.25. The molecule has 1 atom stereocenters. The van der Waals surface area contributed by atoms with Gasteiger partial charge in [-0.3, -0.25) is 0 Å².